The van der Waals surface area contributed by atoms with Crippen molar-refractivity contribution in [2.45, 2.75) is 25.8 Å². The molecule has 0 amide bonds. The van der Waals surface area contributed by atoms with E-state index in [1.54, 1.807) is 0 Å². The van der Waals surface area contributed by atoms with Crippen molar-refractivity contribution in [3.8, 4) is 0 Å². The van der Waals surface area contributed by atoms with E-state index in [1.165, 1.54) is 16.7 Å². The van der Waals surface area contributed by atoms with E-state index in [2.05, 4.69) is 63.5 Å². The summed E-state index contributed by atoms with van der Waals surface area (Å²) in [5.74, 6) is 0. The van der Waals surface area contributed by atoms with Gasteiger partial charge < -0.3 is 5.32 Å². The highest BCUT2D eigenvalue weighted by atomic mass is 79.9. The number of nitrogens with zero attached hydrogens (tertiary/aromatic N) is 1. The first-order valence-corrected chi connectivity index (χ1v) is 7.38. The molecule has 0 bridgehead atoms. The van der Waals surface area contributed by atoms with E-state index < -0.39 is 0 Å². The Kier molecular flexibility index (Phi) is 5.11. The molecular formula is C16H19BrN2. The third-order valence-corrected chi connectivity index (χ3v) is 3.93. The lowest BCUT2D eigenvalue weighted by molar-refractivity contribution is 0.586. The van der Waals surface area contributed by atoms with Gasteiger partial charge in [-0.15, -0.1) is 0 Å². The molecule has 0 radical (unpaired) electrons. The van der Waals surface area contributed by atoms with Crippen molar-refractivity contribution in [2.75, 3.05) is 7.05 Å². The number of hydrogen-bond acceptors (Lipinski definition) is 2. The second-order valence-electron chi connectivity index (χ2n) is 4.60. The number of halogens is 1. The number of rotatable bonds is 5. The molecule has 0 aliphatic carbocycles. The zero-order chi connectivity index (χ0) is 13.7. The standard InChI is InChI=1S/C16H19BrN2/c1-3-13-11-19-9-8-15(13)16(18-2)10-12-4-6-14(17)7-5-12/h4-9,11,16,18H,3,10H2,1-2H3. The van der Waals surface area contributed by atoms with E-state index in [-0.39, 0.29) is 0 Å². The van der Waals surface area contributed by atoms with Gasteiger partial charge >= 0.3 is 0 Å². The molecular weight excluding hydrogens is 300 g/mol. The lowest BCUT2D eigenvalue weighted by atomic mass is 9.95. The number of aromatic nitrogens is 1. The minimum Gasteiger partial charge on any atom is -0.313 e. The van der Waals surface area contributed by atoms with Crippen molar-refractivity contribution < 1.29 is 0 Å². The molecule has 0 fully saturated rings. The summed E-state index contributed by atoms with van der Waals surface area (Å²) in [4.78, 5) is 4.22. The van der Waals surface area contributed by atoms with Crippen molar-refractivity contribution in [1.29, 1.82) is 0 Å². The molecule has 1 unspecified atom stereocenters. The smallest absolute Gasteiger partial charge is 0.0362 e. The summed E-state index contributed by atoms with van der Waals surface area (Å²) in [7, 11) is 2.02. The van der Waals surface area contributed by atoms with Crippen molar-refractivity contribution in [1.82, 2.24) is 10.3 Å². The second kappa shape index (κ2) is 6.83. The van der Waals surface area contributed by atoms with Crippen LogP contribution in [-0.4, -0.2) is 12.0 Å². The zero-order valence-corrected chi connectivity index (χ0v) is 12.9. The summed E-state index contributed by atoms with van der Waals surface area (Å²) < 4.78 is 1.12. The van der Waals surface area contributed by atoms with Gasteiger partial charge in [-0.2, -0.15) is 0 Å². The van der Waals surface area contributed by atoms with Gasteiger partial charge in [0.2, 0.25) is 0 Å². The van der Waals surface area contributed by atoms with Gasteiger partial charge in [0, 0.05) is 22.9 Å². The Balaban J connectivity index is 2.22. The van der Waals surface area contributed by atoms with Crippen LogP contribution in [0.3, 0.4) is 0 Å². The zero-order valence-electron chi connectivity index (χ0n) is 11.4. The average molecular weight is 319 g/mol. The molecule has 0 saturated carbocycles. The predicted octanol–water partition coefficient (Wildman–Crippen LogP) is 3.91. The van der Waals surface area contributed by atoms with Crippen LogP contribution in [0.25, 0.3) is 0 Å². The summed E-state index contributed by atoms with van der Waals surface area (Å²) >= 11 is 3.47. The van der Waals surface area contributed by atoms with Crippen LogP contribution in [-0.2, 0) is 12.8 Å². The van der Waals surface area contributed by atoms with Crippen LogP contribution in [0.15, 0.2) is 47.2 Å². The van der Waals surface area contributed by atoms with E-state index in [9.17, 15) is 0 Å². The molecule has 0 aliphatic rings. The Bertz CT molecular complexity index is 523. The number of benzene rings is 1. The summed E-state index contributed by atoms with van der Waals surface area (Å²) in [6, 6.07) is 11.0. The Labute approximate surface area is 123 Å². The van der Waals surface area contributed by atoms with Crippen LogP contribution in [0.4, 0.5) is 0 Å². The lowest BCUT2D eigenvalue weighted by Crippen LogP contribution is -2.20. The molecule has 1 heterocycles. The summed E-state index contributed by atoms with van der Waals surface area (Å²) in [6.45, 7) is 2.17. The highest BCUT2D eigenvalue weighted by molar-refractivity contribution is 9.10. The van der Waals surface area contributed by atoms with Crippen LogP contribution >= 0.6 is 15.9 Å². The summed E-state index contributed by atoms with van der Waals surface area (Å²) in [5.41, 5.74) is 4.00. The van der Waals surface area contributed by atoms with Crippen molar-refractivity contribution in [3.63, 3.8) is 0 Å². The van der Waals surface area contributed by atoms with E-state index in [0.717, 1.165) is 17.3 Å². The van der Waals surface area contributed by atoms with E-state index in [1.807, 2.05) is 19.4 Å². The minimum absolute atomic E-state index is 0.333. The SMILES string of the molecule is CCc1cnccc1C(Cc1ccc(Br)cc1)NC. The molecule has 3 heteroatoms. The monoisotopic (exact) mass is 318 g/mol. The quantitative estimate of drug-likeness (QED) is 0.904. The molecule has 2 aromatic rings. The van der Waals surface area contributed by atoms with E-state index >= 15 is 0 Å². The molecule has 0 spiro atoms. The molecule has 0 saturated heterocycles. The predicted molar refractivity (Wildman–Crippen MR) is 83.3 cm³/mol. The first-order chi connectivity index (χ1) is 9.24. The largest absolute Gasteiger partial charge is 0.313 e. The van der Waals surface area contributed by atoms with Crippen LogP contribution in [0.1, 0.15) is 29.7 Å². The molecule has 1 aromatic carbocycles. The van der Waals surface area contributed by atoms with Crippen molar-refractivity contribution >= 4 is 15.9 Å². The summed E-state index contributed by atoms with van der Waals surface area (Å²) in [6.07, 6.45) is 5.85. The molecule has 2 nitrogen and oxygen atoms in total. The molecule has 1 aromatic heterocycles. The number of hydrogen-bond donors (Lipinski definition) is 1. The Morgan fingerprint density at radius 1 is 1.21 bits per heavy atom. The van der Waals surface area contributed by atoms with Crippen molar-refractivity contribution in [2.24, 2.45) is 0 Å². The Hall–Kier alpha value is -1.19. The van der Waals surface area contributed by atoms with Gasteiger partial charge in [0.15, 0.2) is 0 Å². The van der Waals surface area contributed by atoms with Crippen LogP contribution in [0.5, 0.6) is 0 Å². The topological polar surface area (TPSA) is 24.9 Å². The summed E-state index contributed by atoms with van der Waals surface area (Å²) in [5, 5.41) is 3.42. The Morgan fingerprint density at radius 3 is 2.58 bits per heavy atom. The molecule has 1 N–H and O–H groups in total. The molecule has 1 atom stereocenters. The normalized spacial score (nSPS) is 12.4. The van der Waals surface area contributed by atoms with Gasteiger partial charge in [0.05, 0.1) is 0 Å². The molecule has 0 aliphatic heterocycles. The third-order valence-electron chi connectivity index (χ3n) is 3.40. The lowest BCUT2D eigenvalue weighted by Gasteiger charge is -2.19. The number of nitrogens with one attached hydrogen (secondary N) is 1. The van der Waals surface area contributed by atoms with Gasteiger partial charge in [-0.25, -0.2) is 0 Å². The van der Waals surface area contributed by atoms with Crippen LogP contribution < -0.4 is 5.32 Å². The highest BCUT2D eigenvalue weighted by Gasteiger charge is 2.13. The fourth-order valence-corrected chi connectivity index (χ4v) is 2.56. The highest BCUT2D eigenvalue weighted by Crippen LogP contribution is 2.22. The van der Waals surface area contributed by atoms with Gasteiger partial charge in [-0.3, -0.25) is 4.98 Å². The average Bonchev–Trinajstić information content (AvgIpc) is 2.46. The second-order valence-corrected chi connectivity index (χ2v) is 5.52. The fourth-order valence-electron chi connectivity index (χ4n) is 2.30. The molecule has 100 valence electrons. The molecule has 2 rings (SSSR count). The first-order valence-electron chi connectivity index (χ1n) is 6.59. The maximum atomic E-state index is 4.22. The van der Waals surface area contributed by atoms with E-state index in [4.69, 9.17) is 0 Å². The minimum atomic E-state index is 0.333. The van der Waals surface area contributed by atoms with E-state index in [0.29, 0.717) is 6.04 Å². The van der Waals surface area contributed by atoms with Crippen LogP contribution in [0, 0.1) is 0 Å². The number of pyridine rings is 1. The Morgan fingerprint density at radius 2 is 1.95 bits per heavy atom. The number of aryl methyl sites for hydroxylation is 1. The third kappa shape index (κ3) is 3.64. The van der Waals surface area contributed by atoms with Gasteiger partial charge in [0.1, 0.15) is 0 Å². The molecule has 19 heavy (non-hydrogen) atoms. The van der Waals surface area contributed by atoms with Crippen molar-refractivity contribution in [3.05, 3.63) is 63.9 Å². The first kappa shape index (κ1) is 14.2. The van der Waals surface area contributed by atoms with Gasteiger partial charge in [-0.1, -0.05) is 35.0 Å². The fraction of sp³-hybridized carbons (Fsp3) is 0.312. The van der Waals surface area contributed by atoms with Crippen LogP contribution in [0.2, 0.25) is 0 Å². The number of likely N-dealkylation sites (N-methyl/N-ethyl adjacent to an activating group) is 1. The maximum absolute atomic E-state index is 4.22. The van der Waals surface area contributed by atoms with Gasteiger partial charge in [-0.05, 0) is 54.8 Å². The van der Waals surface area contributed by atoms with Gasteiger partial charge in [0.25, 0.3) is 0 Å². The maximum Gasteiger partial charge on any atom is 0.0362 e.